The summed E-state index contributed by atoms with van der Waals surface area (Å²) in [7, 11) is 3.63. The van der Waals surface area contributed by atoms with Crippen molar-refractivity contribution < 1.29 is 14.3 Å². The first-order valence-electron chi connectivity index (χ1n) is 10.0. The molecule has 0 unspecified atom stereocenters. The molecule has 1 aromatic carbocycles. The molecule has 0 radical (unpaired) electrons. The summed E-state index contributed by atoms with van der Waals surface area (Å²) in [5.41, 5.74) is 2.82. The fourth-order valence-corrected chi connectivity index (χ4v) is 4.15. The van der Waals surface area contributed by atoms with E-state index in [2.05, 4.69) is 28.3 Å². The number of ether oxygens (including phenoxy) is 2. The number of aryl methyl sites for hydroxylation is 1. The number of hydrogen-bond donors (Lipinski definition) is 0. The second-order valence-electron chi connectivity index (χ2n) is 7.60. The quantitative estimate of drug-likeness (QED) is 0.653. The van der Waals surface area contributed by atoms with Crippen LogP contribution in [0.3, 0.4) is 0 Å². The monoisotopic (exact) mass is 385 g/mol. The van der Waals surface area contributed by atoms with E-state index < -0.39 is 5.41 Å². The van der Waals surface area contributed by atoms with Crippen LogP contribution >= 0.6 is 0 Å². The largest absolute Gasteiger partial charge is 0.466 e. The molecule has 1 atom stereocenters. The lowest BCUT2D eigenvalue weighted by molar-refractivity contribution is -0.160. The molecule has 0 saturated carbocycles. The van der Waals surface area contributed by atoms with Gasteiger partial charge in [-0.25, -0.2) is 0 Å². The predicted molar refractivity (Wildman–Crippen MR) is 109 cm³/mol. The maximum absolute atomic E-state index is 12.8. The van der Waals surface area contributed by atoms with Crippen LogP contribution in [0.15, 0.2) is 36.5 Å². The number of nitrogens with zero attached hydrogens (tertiary/aromatic N) is 3. The summed E-state index contributed by atoms with van der Waals surface area (Å²) in [4.78, 5) is 15.2. The average molecular weight is 386 g/mol. The molecule has 6 heteroatoms. The second-order valence-corrected chi connectivity index (χ2v) is 7.60. The molecule has 1 aliphatic heterocycles. The van der Waals surface area contributed by atoms with E-state index in [1.165, 1.54) is 5.56 Å². The van der Waals surface area contributed by atoms with Crippen LogP contribution in [0.4, 0.5) is 0 Å². The van der Waals surface area contributed by atoms with Crippen LogP contribution in [0.2, 0.25) is 0 Å². The fourth-order valence-electron chi connectivity index (χ4n) is 4.15. The first-order valence-corrected chi connectivity index (χ1v) is 10.0. The molecule has 0 N–H and O–H groups in total. The van der Waals surface area contributed by atoms with Gasteiger partial charge in [-0.15, -0.1) is 0 Å². The summed E-state index contributed by atoms with van der Waals surface area (Å²) >= 11 is 0. The highest BCUT2D eigenvalue weighted by Crippen LogP contribution is 2.36. The van der Waals surface area contributed by atoms with Gasteiger partial charge in [0.15, 0.2) is 0 Å². The van der Waals surface area contributed by atoms with Crippen LogP contribution in [0.5, 0.6) is 0 Å². The van der Waals surface area contributed by atoms with E-state index in [1.54, 1.807) is 7.11 Å². The maximum Gasteiger partial charge on any atom is 0.313 e. The Morgan fingerprint density at radius 2 is 2.07 bits per heavy atom. The van der Waals surface area contributed by atoms with Gasteiger partial charge in [-0.1, -0.05) is 30.3 Å². The highest BCUT2D eigenvalue weighted by atomic mass is 16.5. The number of aromatic nitrogens is 2. The molecule has 0 spiro atoms. The molecule has 2 heterocycles. The van der Waals surface area contributed by atoms with E-state index in [4.69, 9.17) is 9.47 Å². The van der Waals surface area contributed by atoms with Crippen LogP contribution in [0.25, 0.3) is 11.3 Å². The number of likely N-dealkylation sites (tertiary alicyclic amines) is 1. The third kappa shape index (κ3) is 4.62. The molecule has 1 fully saturated rings. The van der Waals surface area contributed by atoms with Crippen molar-refractivity contribution in [2.75, 3.05) is 33.4 Å². The summed E-state index contributed by atoms with van der Waals surface area (Å²) < 4.78 is 12.6. The first-order chi connectivity index (χ1) is 13.6. The smallest absolute Gasteiger partial charge is 0.313 e. The summed E-state index contributed by atoms with van der Waals surface area (Å²) in [5.74, 6) is -0.0915. The number of carbonyl (C=O) groups is 1. The van der Waals surface area contributed by atoms with Crippen molar-refractivity contribution in [2.45, 2.75) is 32.7 Å². The van der Waals surface area contributed by atoms with Gasteiger partial charge in [0.05, 0.1) is 17.7 Å². The van der Waals surface area contributed by atoms with Crippen LogP contribution in [0, 0.1) is 5.41 Å². The Labute approximate surface area is 167 Å². The normalized spacial score (nSPS) is 20.2. The number of esters is 1. The number of methoxy groups -OCH3 is 1. The average Bonchev–Trinajstić information content (AvgIpc) is 3.07. The molecule has 0 aliphatic carbocycles. The van der Waals surface area contributed by atoms with E-state index in [0.29, 0.717) is 26.2 Å². The topological polar surface area (TPSA) is 56.6 Å². The fraction of sp³-hybridized carbons (Fsp3) is 0.545. The zero-order chi connectivity index (χ0) is 20.0. The van der Waals surface area contributed by atoms with E-state index in [0.717, 1.165) is 37.2 Å². The van der Waals surface area contributed by atoms with Gasteiger partial charge in [0.1, 0.15) is 0 Å². The zero-order valence-corrected chi connectivity index (χ0v) is 17.2. The molecular formula is C22H31N3O3. The second kappa shape index (κ2) is 9.34. The molecule has 0 amide bonds. The van der Waals surface area contributed by atoms with Gasteiger partial charge >= 0.3 is 5.97 Å². The van der Waals surface area contributed by atoms with E-state index in [-0.39, 0.29) is 5.97 Å². The number of piperidine rings is 1. The van der Waals surface area contributed by atoms with Gasteiger partial charge in [0.25, 0.3) is 0 Å². The minimum Gasteiger partial charge on any atom is -0.466 e. The Hall–Kier alpha value is -2.18. The number of hydrogen-bond acceptors (Lipinski definition) is 5. The van der Waals surface area contributed by atoms with Crippen molar-refractivity contribution in [1.29, 1.82) is 0 Å². The van der Waals surface area contributed by atoms with Crippen LogP contribution in [-0.2, 0) is 27.9 Å². The van der Waals surface area contributed by atoms with Crippen molar-refractivity contribution in [3.63, 3.8) is 0 Å². The van der Waals surface area contributed by atoms with Gasteiger partial charge in [-0.05, 0) is 32.7 Å². The van der Waals surface area contributed by atoms with Gasteiger partial charge in [-0.3, -0.25) is 14.4 Å². The molecule has 1 saturated heterocycles. The highest BCUT2D eigenvalue weighted by Gasteiger charge is 2.43. The number of rotatable bonds is 8. The summed E-state index contributed by atoms with van der Waals surface area (Å²) in [6.07, 6.45) is 4.60. The number of benzene rings is 1. The van der Waals surface area contributed by atoms with Crippen LogP contribution in [0.1, 0.15) is 31.7 Å². The minimum atomic E-state index is -0.487. The summed E-state index contributed by atoms with van der Waals surface area (Å²) in [6, 6.07) is 10.3. The van der Waals surface area contributed by atoms with Crippen LogP contribution < -0.4 is 0 Å². The molecule has 6 nitrogen and oxygen atoms in total. The van der Waals surface area contributed by atoms with Gasteiger partial charge in [0, 0.05) is 51.2 Å². The lowest BCUT2D eigenvalue weighted by Crippen LogP contribution is -2.48. The van der Waals surface area contributed by atoms with Crippen molar-refractivity contribution in [1.82, 2.24) is 14.7 Å². The molecule has 1 aliphatic rings. The van der Waals surface area contributed by atoms with Gasteiger partial charge in [0.2, 0.25) is 0 Å². The van der Waals surface area contributed by atoms with Gasteiger partial charge < -0.3 is 9.47 Å². The van der Waals surface area contributed by atoms with Crippen LogP contribution in [-0.4, -0.2) is 54.1 Å². The zero-order valence-electron chi connectivity index (χ0n) is 17.2. The molecule has 0 bridgehead atoms. The Morgan fingerprint density at radius 1 is 1.29 bits per heavy atom. The highest BCUT2D eigenvalue weighted by molar-refractivity contribution is 5.77. The van der Waals surface area contributed by atoms with Crippen molar-refractivity contribution in [3.05, 3.63) is 42.1 Å². The lowest BCUT2D eigenvalue weighted by atomic mass is 9.77. The minimum absolute atomic E-state index is 0.0915. The number of carbonyl (C=O) groups excluding carboxylic acids is 1. The molecule has 2 aromatic rings. The van der Waals surface area contributed by atoms with Crippen molar-refractivity contribution in [2.24, 2.45) is 12.5 Å². The Balaban J connectivity index is 1.80. The van der Waals surface area contributed by atoms with E-state index >= 15 is 0 Å². The molecular weight excluding hydrogens is 354 g/mol. The molecule has 28 heavy (non-hydrogen) atoms. The first kappa shape index (κ1) is 20.6. The van der Waals surface area contributed by atoms with E-state index in [1.807, 2.05) is 36.9 Å². The summed E-state index contributed by atoms with van der Waals surface area (Å²) in [6.45, 7) is 5.27. The maximum atomic E-state index is 12.8. The van der Waals surface area contributed by atoms with Gasteiger partial charge in [-0.2, -0.15) is 5.10 Å². The third-order valence-corrected chi connectivity index (χ3v) is 5.49. The van der Waals surface area contributed by atoms with Crippen molar-refractivity contribution in [3.8, 4) is 11.3 Å². The SMILES string of the molecule is CCOC(=O)[C@@]1(CCOC)CCCN(Cc2cn(C)nc2-c2ccccc2)C1. The Kier molecular flexibility index (Phi) is 6.86. The van der Waals surface area contributed by atoms with Crippen molar-refractivity contribution >= 4 is 5.97 Å². The standard InChI is InChI=1S/C22H31N3O3/c1-4-28-21(26)22(12-14-27-3)11-8-13-25(17-22)16-19-15-24(2)23-20(19)18-9-6-5-7-10-18/h5-7,9-10,15H,4,8,11-14,16-17H2,1-3H3/t22-/m1/s1. The Morgan fingerprint density at radius 3 is 2.79 bits per heavy atom. The third-order valence-electron chi connectivity index (χ3n) is 5.49. The molecule has 152 valence electrons. The molecule has 1 aromatic heterocycles. The summed E-state index contributed by atoms with van der Waals surface area (Å²) in [5, 5.41) is 4.68. The Bertz CT molecular complexity index is 775. The molecule has 3 rings (SSSR count). The lowest BCUT2D eigenvalue weighted by Gasteiger charge is -2.41. The van der Waals surface area contributed by atoms with E-state index in [9.17, 15) is 4.79 Å². The predicted octanol–water partition coefficient (Wildman–Crippen LogP) is 3.27.